The first-order valence-electron chi connectivity index (χ1n) is 23.8. The number of ether oxygens (including phenoxy) is 2. The summed E-state index contributed by atoms with van der Waals surface area (Å²) in [4.78, 5) is 34.4. The molecule has 2 saturated heterocycles. The average Bonchev–Trinajstić information content (AvgIpc) is 3.50. The van der Waals surface area contributed by atoms with Crippen LogP contribution in [0.25, 0.3) is 0 Å². The molecule has 1 amide bonds. The molecule has 2 atom stereocenters. The number of benzene rings is 4. The van der Waals surface area contributed by atoms with E-state index < -0.39 is 5.60 Å². The lowest BCUT2D eigenvalue weighted by atomic mass is 9.97. The zero-order valence-electron chi connectivity index (χ0n) is 40.4. The molecule has 2 fully saturated rings. The molecule has 0 aliphatic carbocycles. The normalized spacial score (nSPS) is 19.7. The Hall–Kier alpha value is -3.74. The molecule has 10 nitrogen and oxygen atoms in total. The van der Waals surface area contributed by atoms with Crippen molar-refractivity contribution in [2.45, 2.75) is 116 Å². The maximum atomic E-state index is 12.6. The van der Waals surface area contributed by atoms with Crippen molar-refractivity contribution in [3.8, 4) is 0 Å². The Labute approximate surface area is 419 Å². The Kier molecular flexibility index (Phi) is 19.4. The first kappa shape index (κ1) is 52.6. The largest absolute Gasteiger partial charge is 0.466 e. The van der Waals surface area contributed by atoms with Crippen LogP contribution in [0, 0.1) is 0 Å². The summed E-state index contributed by atoms with van der Waals surface area (Å²) in [5, 5.41) is 6.65. The first-order chi connectivity index (χ1) is 32.0. The lowest BCUT2D eigenvalue weighted by Gasteiger charge is -2.42. The number of esters is 1. The van der Waals surface area contributed by atoms with Crippen molar-refractivity contribution in [3.05, 3.63) is 127 Å². The third-order valence-electron chi connectivity index (χ3n) is 13.0. The smallest absolute Gasteiger partial charge is 0.410 e. The number of hydrogen-bond acceptors (Lipinski definition) is 9. The van der Waals surface area contributed by atoms with Crippen LogP contribution in [0.1, 0.15) is 82.6 Å². The van der Waals surface area contributed by atoms with Crippen molar-refractivity contribution in [2.75, 3.05) is 69.8 Å². The van der Waals surface area contributed by atoms with E-state index in [-0.39, 0.29) is 12.1 Å². The number of nitrogens with one attached hydrogen (secondary N) is 1. The van der Waals surface area contributed by atoms with Gasteiger partial charge in [0.05, 0.1) is 6.61 Å². The van der Waals surface area contributed by atoms with Crippen LogP contribution in [-0.2, 0) is 40.2 Å². The number of fused-ring (bicyclic) bond motifs is 2. The molecule has 4 aromatic carbocycles. The Bertz CT molecular complexity index is 2210. The van der Waals surface area contributed by atoms with E-state index in [1.165, 1.54) is 53.4 Å². The average molecular weight is 997 g/mol. The zero-order valence-corrected chi connectivity index (χ0v) is 43.4. The second-order valence-corrected chi connectivity index (χ2v) is 21.0. The number of anilines is 2. The molecule has 364 valence electrons. The molecule has 4 aromatic rings. The van der Waals surface area contributed by atoms with Gasteiger partial charge in [-0.3, -0.25) is 14.6 Å². The molecule has 0 radical (unpaired) electrons. The molecule has 8 rings (SSSR count). The van der Waals surface area contributed by atoms with E-state index in [2.05, 4.69) is 92.3 Å². The van der Waals surface area contributed by atoms with Crippen LogP contribution in [0.5, 0.6) is 0 Å². The predicted octanol–water partition coefficient (Wildman–Crippen LogP) is 11.4. The number of halogens is 4. The Morgan fingerprint density at radius 3 is 1.45 bits per heavy atom. The first-order valence-corrected chi connectivity index (χ1v) is 25.3. The van der Waals surface area contributed by atoms with Crippen molar-refractivity contribution in [2.24, 2.45) is 0 Å². The van der Waals surface area contributed by atoms with Crippen LogP contribution in [-0.4, -0.2) is 117 Å². The summed E-state index contributed by atoms with van der Waals surface area (Å²) in [5.74, 6) is -0.211. The molecule has 0 bridgehead atoms. The topological polar surface area (TPSA) is 80.8 Å². The summed E-state index contributed by atoms with van der Waals surface area (Å²) in [6.07, 6.45) is 6.03. The van der Waals surface area contributed by atoms with Crippen molar-refractivity contribution in [1.82, 2.24) is 20.0 Å². The van der Waals surface area contributed by atoms with Gasteiger partial charge in [0.1, 0.15) is 5.60 Å². The van der Waals surface area contributed by atoms with Gasteiger partial charge in [0.2, 0.25) is 0 Å². The third-order valence-corrected chi connectivity index (χ3v) is 14.0. The van der Waals surface area contributed by atoms with Crippen LogP contribution in [0.4, 0.5) is 16.2 Å². The molecule has 14 heteroatoms. The number of hydrogen-bond donors (Lipinski definition) is 1. The molecule has 67 heavy (non-hydrogen) atoms. The molecule has 0 spiro atoms. The standard InChI is InChI=1S/C27H35Cl2N3O2.C22H27Cl2N3.C4H8O2/c1-27(2,3)34-26(33)31-13-11-23(12-14-31)32-17-20-16-22(29)9-10-25(20)30(4)18-24(32)15-19-5-7-21(28)8-6-19;1-26-15-21(12-16-2-4-18(23)5-3-16)27(20-8-10-25-11-9-20)14-17-13-19(24)6-7-22(17)26;1-3-6-4(2)5/h5-10,16,23-24H,11-15,17-18H2,1-4H3;2-7,13,20-21,25H,8-12,14-15H2,1H3;3H2,1-2H3/t24-;21-;/m00./s1. The minimum Gasteiger partial charge on any atom is -0.466 e. The molecular formula is C53H70Cl4N6O4. The van der Waals surface area contributed by atoms with Crippen LogP contribution in [0.2, 0.25) is 20.1 Å². The van der Waals surface area contributed by atoms with Gasteiger partial charge in [0, 0.05) is 116 Å². The SMILES string of the molecule is CCOC(C)=O.CN1C[C@H](Cc2ccc(Cl)cc2)N(C2CCN(C(=O)OC(C)(C)C)CC2)Cc2cc(Cl)ccc21.CN1C[C@H](Cc2ccc(Cl)cc2)N(C2CCNCC2)Cc2cc(Cl)ccc21. The third kappa shape index (κ3) is 15.6. The number of likely N-dealkylation sites (tertiary alicyclic amines) is 1. The minimum atomic E-state index is -0.476. The fraction of sp³-hybridized carbons (Fsp3) is 0.509. The van der Waals surface area contributed by atoms with Gasteiger partial charge in [-0.05, 0) is 162 Å². The molecule has 4 aliphatic heterocycles. The Morgan fingerprint density at radius 1 is 0.642 bits per heavy atom. The molecule has 4 aliphatic rings. The molecule has 0 unspecified atom stereocenters. The molecule has 0 saturated carbocycles. The second-order valence-electron chi connectivity index (χ2n) is 19.2. The molecule has 1 N–H and O–H groups in total. The van der Waals surface area contributed by atoms with Crippen LogP contribution < -0.4 is 15.1 Å². The van der Waals surface area contributed by atoms with Crippen LogP contribution >= 0.6 is 46.4 Å². The van der Waals surface area contributed by atoms with E-state index in [0.29, 0.717) is 43.9 Å². The van der Waals surface area contributed by atoms with E-state index in [0.717, 1.165) is 85.0 Å². The number of nitrogens with zero attached hydrogens (tertiary/aromatic N) is 5. The summed E-state index contributed by atoms with van der Waals surface area (Å²) < 4.78 is 10.0. The van der Waals surface area contributed by atoms with Crippen molar-refractivity contribution in [3.63, 3.8) is 0 Å². The Balaban J connectivity index is 0.000000201. The van der Waals surface area contributed by atoms with E-state index in [1.807, 2.05) is 62.1 Å². The Morgan fingerprint density at radius 2 is 1.06 bits per heavy atom. The molecular weight excluding hydrogens is 926 g/mol. The van der Waals surface area contributed by atoms with E-state index in [9.17, 15) is 9.59 Å². The highest BCUT2D eigenvalue weighted by atomic mass is 35.5. The monoisotopic (exact) mass is 994 g/mol. The van der Waals surface area contributed by atoms with Gasteiger partial charge >= 0.3 is 12.1 Å². The number of carbonyl (C=O) groups is 2. The minimum absolute atomic E-state index is 0.211. The van der Waals surface area contributed by atoms with Gasteiger partial charge in [0.25, 0.3) is 0 Å². The van der Waals surface area contributed by atoms with Gasteiger partial charge in [-0.2, -0.15) is 0 Å². The summed E-state index contributed by atoms with van der Waals surface area (Å²) in [5.41, 5.74) is 7.28. The highest BCUT2D eigenvalue weighted by Crippen LogP contribution is 2.35. The fourth-order valence-corrected chi connectivity index (χ4v) is 10.5. The summed E-state index contributed by atoms with van der Waals surface area (Å²) in [6.45, 7) is 16.8. The van der Waals surface area contributed by atoms with Gasteiger partial charge < -0.3 is 29.5 Å². The number of likely N-dealkylation sites (N-methyl/N-ethyl adjacent to an activating group) is 2. The van der Waals surface area contributed by atoms with E-state index in [1.54, 1.807) is 6.92 Å². The number of carbonyl (C=O) groups excluding carboxylic acids is 2. The van der Waals surface area contributed by atoms with Crippen LogP contribution in [0.3, 0.4) is 0 Å². The maximum Gasteiger partial charge on any atom is 0.410 e. The fourth-order valence-electron chi connectivity index (χ4n) is 9.85. The highest BCUT2D eigenvalue weighted by Gasteiger charge is 2.36. The van der Waals surface area contributed by atoms with Gasteiger partial charge in [-0.15, -0.1) is 0 Å². The predicted molar refractivity (Wildman–Crippen MR) is 277 cm³/mol. The second kappa shape index (κ2) is 24.7. The lowest BCUT2D eigenvalue weighted by molar-refractivity contribution is -0.140. The van der Waals surface area contributed by atoms with Crippen LogP contribution in [0.15, 0.2) is 84.9 Å². The maximum absolute atomic E-state index is 12.6. The van der Waals surface area contributed by atoms with Gasteiger partial charge in [0.15, 0.2) is 0 Å². The number of piperidine rings is 2. The highest BCUT2D eigenvalue weighted by molar-refractivity contribution is 6.31. The van der Waals surface area contributed by atoms with E-state index >= 15 is 0 Å². The quantitative estimate of drug-likeness (QED) is 0.182. The van der Waals surface area contributed by atoms with Crippen molar-refractivity contribution >= 4 is 69.8 Å². The lowest BCUT2D eigenvalue weighted by Crippen LogP contribution is -2.52. The van der Waals surface area contributed by atoms with Crippen molar-refractivity contribution in [1.29, 1.82) is 0 Å². The summed E-state index contributed by atoms with van der Waals surface area (Å²) in [6, 6.07) is 30.8. The van der Waals surface area contributed by atoms with Gasteiger partial charge in [-0.25, -0.2) is 4.79 Å². The summed E-state index contributed by atoms with van der Waals surface area (Å²) >= 11 is 25.0. The van der Waals surface area contributed by atoms with E-state index in [4.69, 9.17) is 51.1 Å². The molecule has 4 heterocycles. The molecule has 0 aromatic heterocycles. The van der Waals surface area contributed by atoms with Gasteiger partial charge in [-0.1, -0.05) is 70.7 Å². The summed E-state index contributed by atoms with van der Waals surface area (Å²) in [7, 11) is 4.36. The zero-order chi connectivity index (χ0) is 48.3. The number of rotatable bonds is 7. The number of amides is 1. The van der Waals surface area contributed by atoms with Crippen molar-refractivity contribution < 1.29 is 19.1 Å².